The SMILES string of the molecule is CCOCC(C(C)C)N1C(=O)NC(=O)C1=O. The number of rotatable bonds is 5. The lowest BCUT2D eigenvalue weighted by molar-refractivity contribution is -0.142. The monoisotopic (exact) mass is 228 g/mol. The predicted octanol–water partition coefficient (Wildman–Crippen LogP) is 0.126. The zero-order valence-electron chi connectivity index (χ0n) is 9.65. The molecule has 4 amide bonds. The second-order valence-electron chi connectivity index (χ2n) is 3.91. The standard InChI is InChI=1S/C10H16N2O4/c1-4-16-5-7(6(2)3)12-9(14)8(13)11-10(12)15/h6-7H,4-5H2,1-3H3,(H,11,13,15). The third kappa shape index (κ3) is 2.38. The molecular formula is C10H16N2O4. The Bertz CT molecular complexity index is 314. The number of carbonyl (C=O) groups excluding carboxylic acids is 3. The van der Waals surface area contributed by atoms with E-state index in [1.165, 1.54) is 0 Å². The zero-order chi connectivity index (χ0) is 12.3. The highest BCUT2D eigenvalue weighted by Gasteiger charge is 2.42. The van der Waals surface area contributed by atoms with Gasteiger partial charge in [0.15, 0.2) is 0 Å². The fraction of sp³-hybridized carbons (Fsp3) is 0.700. The van der Waals surface area contributed by atoms with Gasteiger partial charge >= 0.3 is 17.8 Å². The molecule has 1 heterocycles. The van der Waals surface area contributed by atoms with E-state index in [4.69, 9.17) is 4.74 Å². The smallest absolute Gasteiger partial charge is 0.331 e. The Morgan fingerprint density at radius 3 is 2.31 bits per heavy atom. The molecule has 0 aromatic carbocycles. The van der Waals surface area contributed by atoms with Crippen molar-refractivity contribution in [3.63, 3.8) is 0 Å². The van der Waals surface area contributed by atoms with Crippen LogP contribution < -0.4 is 5.32 Å². The summed E-state index contributed by atoms with van der Waals surface area (Å²) >= 11 is 0. The normalized spacial score (nSPS) is 18.2. The minimum Gasteiger partial charge on any atom is -0.380 e. The van der Waals surface area contributed by atoms with Crippen molar-refractivity contribution >= 4 is 17.8 Å². The Kier molecular flexibility index (Phi) is 4.00. The summed E-state index contributed by atoms with van der Waals surface area (Å²) in [6.45, 7) is 6.32. The molecule has 1 aliphatic rings. The van der Waals surface area contributed by atoms with Crippen LogP contribution in [0.1, 0.15) is 20.8 Å². The van der Waals surface area contributed by atoms with Crippen molar-refractivity contribution < 1.29 is 19.1 Å². The largest absolute Gasteiger partial charge is 0.380 e. The van der Waals surface area contributed by atoms with Gasteiger partial charge in [0.25, 0.3) is 0 Å². The van der Waals surface area contributed by atoms with E-state index in [0.29, 0.717) is 6.61 Å². The number of ether oxygens (including phenoxy) is 1. The molecule has 1 N–H and O–H groups in total. The number of carbonyl (C=O) groups is 3. The maximum absolute atomic E-state index is 11.5. The van der Waals surface area contributed by atoms with Gasteiger partial charge in [-0.05, 0) is 12.8 Å². The second kappa shape index (κ2) is 5.07. The number of nitrogens with one attached hydrogen (secondary N) is 1. The van der Waals surface area contributed by atoms with Gasteiger partial charge in [-0.15, -0.1) is 0 Å². The minimum atomic E-state index is -0.868. The highest BCUT2D eigenvalue weighted by Crippen LogP contribution is 2.15. The van der Waals surface area contributed by atoms with E-state index in [1.807, 2.05) is 26.1 Å². The highest BCUT2D eigenvalue weighted by atomic mass is 16.5. The van der Waals surface area contributed by atoms with Crippen LogP contribution in [-0.4, -0.2) is 42.0 Å². The molecule has 6 heteroatoms. The van der Waals surface area contributed by atoms with Crippen molar-refractivity contribution in [2.24, 2.45) is 5.92 Å². The van der Waals surface area contributed by atoms with E-state index < -0.39 is 23.9 Å². The summed E-state index contributed by atoms with van der Waals surface area (Å²) < 4.78 is 5.22. The van der Waals surface area contributed by atoms with Crippen molar-refractivity contribution in [1.82, 2.24) is 10.2 Å². The zero-order valence-corrected chi connectivity index (χ0v) is 9.65. The van der Waals surface area contributed by atoms with Crippen LogP contribution in [0.5, 0.6) is 0 Å². The maximum Gasteiger partial charge on any atom is 0.331 e. The fourth-order valence-corrected chi connectivity index (χ4v) is 1.52. The van der Waals surface area contributed by atoms with Gasteiger partial charge in [-0.25, -0.2) is 9.69 Å². The summed E-state index contributed by atoms with van der Waals surface area (Å²) in [6, 6.07) is -1.06. The molecule has 6 nitrogen and oxygen atoms in total. The molecule has 0 saturated carbocycles. The van der Waals surface area contributed by atoms with Crippen molar-refractivity contribution in [3.05, 3.63) is 0 Å². The summed E-state index contributed by atoms with van der Waals surface area (Å²) in [6.07, 6.45) is 0. The maximum atomic E-state index is 11.5. The lowest BCUT2D eigenvalue weighted by Gasteiger charge is -2.27. The molecule has 1 aliphatic heterocycles. The Labute approximate surface area is 93.9 Å². The van der Waals surface area contributed by atoms with E-state index >= 15 is 0 Å². The van der Waals surface area contributed by atoms with Crippen LogP contribution in [0.2, 0.25) is 0 Å². The summed E-state index contributed by atoms with van der Waals surface area (Å²) in [4.78, 5) is 34.9. The molecule has 1 fully saturated rings. The first-order valence-electron chi connectivity index (χ1n) is 5.25. The van der Waals surface area contributed by atoms with Crippen LogP contribution in [0.25, 0.3) is 0 Å². The van der Waals surface area contributed by atoms with Crippen LogP contribution in [-0.2, 0) is 14.3 Å². The molecule has 1 atom stereocenters. The van der Waals surface area contributed by atoms with Crippen molar-refractivity contribution in [2.75, 3.05) is 13.2 Å². The average Bonchev–Trinajstić information content (AvgIpc) is 2.44. The van der Waals surface area contributed by atoms with Crippen molar-refractivity contribution in [2.45, 2.75) is 26.8 Å². The minimum absolute atomic E-state index is 0.0344. The van der Waals surface area contributed by atoms with E-state index in [2.05, 4.69) is 0 Å². The van der Waals surface area contributed by atoms with Gasteiger partial charge in [-0.2, -0.15) is 0 Å². The van der Waals surface area contributed by atoms with E-state index in [1.54, 1.807) is 0 Å². The van der Waals surface area contributed by atoms with Crippen LogP contribution in [0.15, 0.2) is 0 Å². The summed E-state index contributed by atoms with van der Waals surface area (Å²) in [5.41, 5.74) is 0. The van der Waals surface area contributed by atoms with E-state index in [-0.39, 0.29) is 12.5 Å². The number of nitrogens with zero attached hydrogens (tertiary/aromatic N) is 1. The number of hydrogen-bond donors (Lipinski definition) is 1. The van der Waals surface area contributed by atoms with Crippen molar-refractivity contribution in [3.8, 4) is 0 Å². The third-order valence-electron chi connectivity index (χ3n) is 2.45. The van der Waals surface area contributed by atoms with Crippen molar-refractivity contribution in [1.29, 1.82) is 0 Å². The van der Waals surface area contributed by atoms with Gasteiger partial charge in [0.05, 0.1) is 12.6 Å². The Morgan fingerprint density at radius 2 is 1.94 bits per heavy atom. The third-order valence-corrected chi connectivity index (χ3v) is 2.45. The topological polar surface area (TPSA) is 75.7 Å². The lowest BCUT2D eigenvalue weighted by atomic mass is 10.0. The Hall–Kier alpha value is -1.43. The molecule has 0 bridgehead atoms. The molecule has 90 valence electrons. The first kappa shape index (κ1) is 12.6. The molecule has 0 spiro atoms. The van der Waals surface area contributed by atoms with Gasteiger partial charge < -0.3 is 4.74 Å². The van der Waals surface area contributed by atoms with Gasteiger partial charge in [0, 0.05) is 6.61 Å². The van der Waals surface area contributed by atoms with E-state index in [9.17, 15) is 14.4 Å². The van der Waals surface area contributed by atoms with Gasteiger partial charge in [-0.3, -0.25) is 14.9 Å². The summed E-state index contributed by atoms with van der Waals surface area (Å²) in [7, 11) is 0. The first-order chi connectivity index (χ1) is 7.49. The number of hydrogen-bond acceptors (Lipinski definition) is 4. The second-order valence-corrected chi connectivity index (χ2v) is 3.91. The fourth-order valence-electron chi connectivity index (χ4n) is 1.52. The summed E-state index contributed by atoms with van der Waals surface area (Å²) in [5, 5.41) is 1.97. The number of amides is 4. The molecule has 0 radical (unpaired) electrons. The molecular weight excluding hydrogens is 212 g/mol. The molecule has 1 unspecified atom stereocenters. The first-order valence-corrected chi connectivity index (χ1v) is 5.25. The van der Waals surface area contributed by atoms with Gasteiger partial charge in [0.2, 0.25) is 0 Å². The molecule has 0 aromatic heterocycles. The van der Waals surface area contributed by atoms with Crippen LogP contribution >= 0.6 is 0 Å². The molecule has 16 heavy (non-hydrogen) atoms. The molecule has 0 aliphatic carbocycles. The lowest BCUT2D eigenvalue weighted by Crippen LogP contribution is -2.46. The van der Waals surface area contributed by atoms with Crippen LogP contribution in [0, 0.1) is 5.92 Å². The molecule has 0 aromatic rings. The van der Waals surface area contributed by atoms with Crippen LogP contribution in [0.3, 0.4) is 0 Å². The predicted molar refractivity (Wildman–Crippen MR) is 55.5 cm³/mol. The Morgan fingerprint density at radius 1 is 1.31 bits per heavy atom. The highest BCUT2D eigenvalue weighted by molar-refractivity contribution is 6.44. The number of imide groups is 2. The van der Waals surface area contributed by atoms with Crippen LogP contribution in [0.4, 0.5) is 4.79 Å². The Balaban J connectivity index is 2.81. The van der Waals surface area contributed by atoms with Gasteiger partial charge in [0.1, 0.15) is 0 Å². The quantitative estimate of drug-likeness (QED) is 0.536. The number of urea groups is 1. The van der Waals surface area contributed by atoms with E-state index in [0.717, 1.165) is 4.90 Å². The molecule has 1 rings (SSSR count). The average molecular weight is 228 g/mol. The molecule has 1 saturated heterocycles. The summed E-state index contributed by atoms with van der Waals surface area (Å²) in [5.74, 6) is -1.64. The van der Waals surface area contributed by atoms with Gasteiger partial charge in [-0.1, -0.05) is 13.8 Å².